The maximum Gasteiger partial charge on any atom is 0.573 e. The van der Waals surface area contributed by atoms with Crippen molar-refractivity contribution in [3.63, 3.8) is 0 Å². The van der Waals surface area contributed by atoms with Gasteiger partial charge in [-0.2, -0.15) is 10.2 Å². The molecule has 2 aromatic carbocycles. The molecule has 2 rings (SSSR count). The van der Waals surface area contributed by atoms with Crippen molar-refractivity contribution in [1.82, 2.24) is 0 Å². The zero-order valence-corrected chi connectivity index (χ0v) is 12.4. The third-order valence-electron chi connectivity index (χ3n) is 2.78. The predicted molar refractivity (Wildman–Crippen MR) is 81.3 cm³/mol. The van der Waals surface area contributed by atoms with Gasteiger partial charge in [0.2, 0.25) is 0 Å². The van der Waals surface area contributed by atoms with Gasteiger partial charge in [0.1, 0.15) is 5.75 Å². The van der Waals surface area contributed by atoms with Crippen LogP contribution in [0.15, 0.2) is 52.7 Å². The van der Waals surface area contributed by atoms with Crippen molar-refractivity contribution < 1.29 is 27.0 Å². The maximum absolute atomic E-state index is 13.5. The van der Waals surface area contributed by atoms with Gasteiger partial charge in [-0.25, -0.2) is 4.39 Å². The molecule has 0 unspecified atom stereocenters. The van der Waals surface area contributed by atoms with E-state index in [1.165, 1.54) is 18.5 Å². The summed E-state index contributed by atoms with van der Waals surface area (Å²) in [5.41, 5.74) is 1.02. The Hall–Kier alpha value is -2.90. The summed E-state index contributed by atoms with van der Waals surface area (Å²) in [5.74, 6) is -1.34. The predicted octanol–water partition coefficient (Wildman–Crippen LogP) is 4.19. The average molecular weight is 340 g/mol. The first-order valence-electron chi connectivity index (χ1n) is 6.63. The van der Waals surface area contributed by atoms with Crippen molar-refractivity contribution in [2.75, 3.05) is 7.11 Å². The summed E-state index contributed by atoms with van der Waals surface area (Å²) < 4.78 is 58.1. The van der Waals surface area contributed by atoms with Gasteiger partial charge in [0, 0.05) is 0 Å². The number of rotatable bonds is 5. The van der Waals surface area contributed by atoms with Crippen molar-refractivity contribution >= 4 is 12.4 Å². The van der Waals surface area contributed by atoms with Gasteiger partial charge < -0.3 is 9.47 Å². The van der Waals surface area contributed by atoms with Gasteiger partial charge in [-0.1, -0.05) is 0 Å². The number of benzene rings is 2. The van der Waals surface area contributed by atoms with Crippen LogP contribution in [0.5, 0.6) is 11.5 Å². The second-order valence-electron chi connectivity index (χ2n) is 4.50. The fraction of sp³-hybridized carbons (Fsp3) is 0.125. The second kappa shape index (κ2) is 7.58. The van der Waals surface area contributed by atoms with Crippen LogP contribution in [-0.4, -0.2) is 25.9 Å². The van der Waals surface area contributed by atoms with Crippen molar-refractivity contribution in [2.45, 2.75) is 6.36 Å². The van der Waals surface area contributed by atoms with Crippen LogP contribution in [0.25, 0.3) is 0 Å². The van der Waals surface area contributed by atoms with Crippen LogP contribution in [0.3, 0.4) is 0 Å². The third-order valence-corrected chi connectivity index (χ3v) is 2.78. The standard InChI is InChI=1S/C16H12F4N2O2/c1-23-13-5-2-11(3-6-13)9-21-22-10-12-4-7-15(14(17)8-12)24-16(18,19)20/h2-10H,1H3/b21-9+,22-10-. The van der Waals surface area contributed by atoms with E-state index in [0.717, 1.165) is 17.7 Å². The van der Waals surface area contributed by atoms with E-state index < -0.39 is 17.9 Å². The molecule has 126 valence electrons. The van der Waals surface area contributed by atoms with Crippen LogP contribution in [0.2, 0.25) is 0 Å². The molecule has 0 aliphatic heterocycles. The number of alkyl halides is 3. The van der Waals surface area contributed by atoms with Crippen LogP contribution in [-0.2, 0) is 0 Å². The van der Waals surface area contributed by atoms with Gasteiger partial charge in [0.15, 0.2) is 11.6 Å². The smallest absolute Gasteiger partial charge is 0.497 e. The number of hydrogen-bond acceptors (Lipinski definition) is 4. The van der Waals surface area contributed by atoms with Crippen molar-refractivity contribution in [2.24, 2.45) is 10.2 Å². The molecular formula is C16H12F4N2O2. The molecule has 0 fully saturated rings. The zero-order chi connectivity index (χ0) is 17.6. The molecule has 0 heterocycles. The van der Waals surface area contributed by atoms with Crippen LogP contribution in [0.1, 0.15) is 11.1 Å². The van der Waals surface area contributed by atoms with E-state index in [2.05, 4.69) is 14.9 Å². The van der Waals surface area contributed by atoms with Crippen LogP contribution < -0.4 is 9.47 Å². The van der Waals surface area contributed by atoms with E-state index in [9.17, 15) is 17.6 Å². The molecule has 0 bridgehead atoms. The first-order chi connectivity index (χ1) is 11.4. The molecule has 0 amide bonds. The fourth-order valence-corrected chi connectivity index (χ4v) is 1.69. The summed E-state index contributed by atoms with van der Waals surface area (Å²) >= 11 is 0. The van der Waals surface area contributed by atoms with Gasteiger partial charge in [-0.05, 0) is 53.6 Å². The highest BCUT2D eigenvalue weighted by Gasteiger charge is 2.32. The lowest BCUT2D eigenvalue weighted by molar-refractivity contribution is -0.275. The molecule has 0 saturated heterocycles. The molecule has 4 nitrogen and oxygen atoms in total. The molecular weight excluding hydrogens is 328 g/mol. The Balaban J connectivity index is 2.01. The van der Waals surface area contributed by atoms with Crippen molar-refractivity contribution in [1.29, 1.82) is 0 Å². The van der Waals surface area contributed by atoms with E-state index in [-0.39, 0.29) is 5.56 Å². The lowest BCUT2D eigenvalue weighted by Gasteiger charge is -2.09. The molecule has 0 N–H and O–H groups in total. The quantitative estimate of drug-likeness (QED) is 0.465. The number of ether oxygens (including phenoxy) is 2. The van der Waals surface area contributed by atoms with E-state index in [4.69, 9.17) is 4.74 Å². The van der Waals surface area contributed by atoms with E-state index in [1.807, 2.05) is 0 Å². The molecule has 0 atom stereocenters. The molecule has 2 aromatic rings. The summed E-state index contributed by atoms with van der Waals surface area (Å²) in [6.45, 7) is 0. The van der Waals surface area contributed by atoms with Gasteiger partial charge in [0.25, 0.3) is 0 Å². The normalized spacial score (nSPS) is 12.0. The average Bonchev–Trinajstić information content (AvgIpc) is 2.53. The Kier molecular flexibility index (Phi) is 5.51. The third kappa shape index (κ3) is 5.38. The van der Waals surface area contributed by atoms with Crippen LogP contribution in [0.4, 0.5) is 17.6 Å². The first-order valence-corrected chi connectivity index (χ1v) is 6.63. The van der Waals surface area contributed by atoms with E-state index in [0.29, 0.717) is 5.75 Å². The zero-order valence-electron chi connectivity index (χ0n) is 12.4. The lowest BCUT2D eigenvalue weighted by Crippen LogP contribution is -2.18. The highest BCUT2D eigenvalue weighted by Crippen LogP contribution is 2.25. The number of methoxy groups -OCH3 is 1. The summed E-state index contributed by atoms with van der Waals surface area (Å²) in [5, 5.41) is 7.48. The maximum atomic E-state index is 13.5. The van der Waals surface area contributed by atoms with Gasteiger partial charge in [0.05, 0.1) is 19.5 Å². The monoisotopic (exact) mass is 340 g/mol. The molecule has 0 aliphatic rings. The Morgan fingerprint density at radius 1 is 0.917 bits per heavy atom. The molecule has 8 heteroatoms. The minimum absolute atomic E-state index is 0.244. The first kappa shape index (κ1) is 17.5. The number of halogens is 4. The largest absolute Gasteiger partial charge is 0.573 e. The summed E-state index contributed by atoms with van der Waals surface area (Å²) in [7, 11) is 1.55. The van der Waals surface area contributed by atoms with Crippen molar-refractivity contribution in [3.05, 3.63) is 59.4 Å². The van der Waals surface area contributed by atoms with Crippen LogP contribution in [0, 0.1) is 5.82 Å². The Labute approximate surface area is 135 Å². The SMILES string of the molecule is COc1ccc(/C=N/N=C\c2ccc(OC(F)(F)F)c(F)c2)cc1. The van der Waals surface area contributed by atoms with Crippen molar-refractivity contribution in [3.8, 4) is 11.5 Å². The highest BCUT2D eigenvalue weighted by atomic mass is 19.4. The van der Waals surface area contributed by atoms with Gasteiger partial charge in [-0.3, -0.25) is 0 Å². The topological polar surface area (TPSA) is 43.2 Å². The summed E-state index contributed by atoms with van der Waals surface area (Å²) in [6.07, 6.45) is -2.27. The minimum atomic E-state index is -4.95. The van der Waals surface area contributed by atoms with E-state index >= 15 is 0 Å². The van der Waals surface area contributed by atoms with Gasteiger partial charge >= 0.3 is 6.36 Å². The Morgan fingerprint density at radius 3 is 2.04 bits per heavy atom. The van der Waals surface area contributed by atoms with Gasteiger partial charge in [-0.15, -0.1) is 13.2 Å². The minimum Gasteiger partial charge on any atom is -0.497 e. The number of nitrogens with zero attached hydrogens (tertiary/aromatic N) is 2. The molecule has 0 radical (unpaired) electrons. The summed E-state index contributed by atoms with van der Waals surface area (Å²) in [4.78, 5) is 0. The lowest BCUT2D eigenvalue weighted by atomic mass is 10.2. The summed E-state index contributed by atoms with van der Waals surface area (Å²) in [6, 6.07) is 10.0. The molecule has 0 spiro atoms. The molecule has 0 aliphatic carbocycles. The molecule has 0 aromatic heterocycles. The molecule has 0 saturated carbocycles. The molecule has 24 heavy (non-hydrogen) atoms. The van der Waals surface area contributed by atoms with E-state index in [1.54, 1.807) is 31.4 Å². The van der Waals surface area contributed by atoms with Crippen LogP contribution >= 0.6 is 0 Å². The highest BCUT2D eigenvalue weighted by molar-refractivity contribution is 5.82. The Bertz CT molecular complexity index is 741. The number of hydrogen-bond donors (Lipinski definition) is 0. The fourth-order valence-electron chi connectivity index (χ4n) is 1.69. The second-order valence-corrected chi connectivity index (χ2v) is 4.50. The Morgan fingerprint density at radius 2 is 1.50 bits per heavy atom.